The first-order valence-corrected chi connectivity index (χ1v) is 12.1. The Bertz CT molecular complexity index is 1290. The summed E-state index contributed by atoms with van der Waals surface area (Å²) in [5.74, 6) is -1.27. The summed E-state index contributed by atoms with van der Waals surface area (Å²) in [4.78, 5) is 12.8. The van der Waals surface area contributed by atoms with Gasteiger partial charge in [0.05, 0.1) is 21.3 Å². The number of nitrogens with zero attached hydrogens (tertiary/aromatic N) is 3. The number of benzene rings is 2. The quantitative estimate of drug-likeness (QED) is 0.577. The lowest BCUT2D eigenvalue weighted by molar-refractivity contribution is -0.120. The van der Waals surface area contributed by atoms with E-state index in [2.05, 4.69) is 10.4 Å². The van der Waals surface area contributed by atoms with E-state index in [1.807, 2.05) is 0 Å². The molecule has 0 saturated carbocycles. The van der Waals surface area contributed by atoms with Crippen LogP contribution in [0.5, 0.6) is 0 Å². The molecule has 1 aliphatic heterocycles. The second-order valence-corrected chi connectivity index (χ2v) is 10.1. The molecule has 1 N–H and O–H groups in total. The van der Waals surface area contributed by atoms with Crippen LogP contribution in [0.2, 0.25) is 5.02 Å². The van der Waals surface area contributed by atoms with Crippen molar-refractivity contribution in [3.05, 3.63) is 70.9 Å². The van der Waals surface area contributed by atoms with Crippen LogP contribution in [-0.4, -0.2) is 41.5 Å². The van der Waals surface area contributed by atoms with Crippen LogP contribution in [0.4, 0.5) is 14.6 Å². The van der Waals surface area contributed by atoms with Crippen LogP contribution in [-0.2, 0) is 14.8 Å². The van der Waals surface area contributed by atoms with Gasteiger partial charge in [-0.3, -0.25) is 4.79 Å². The van der Waals surface area contributed by atoms with Gasteiger partial charge in [-0.2, -0.15) is 9.40 Å². The molecule has 0 spiro atoms. The fourth-order valence-corrected chi connectivity index (χ4v) is 5.48. The van der Waals surface area contributed by atoms with Crippen molar-refractivity contribution in [3.8, 4) is 5.69 Å². The van der Waals surface area contributed by atoms with Crippen LogP contribution in [0.3, 0.4) is 0 Å². The Balaban J connectivity index is 1.43. The van der Waals surface area contributed by atoms with Gasteiger partial charge in [0.1, 0.15) is 17.5 Å². The van der Waals surface area contributed by atoms with E-state index in [0.29, 0.717) is 30.0 Å². The van der Waals surface area contributed by atoms with E-state index in [1.54, 1.807) is 25.1 Å². The predicted octanol–water partition coefficient (Wildman–Crippen LogP) is 4.15. The Morgan fingerprint density at radius 3 is 2.39 bits per heavy atom. The first-order valence-electron chi connectivity index (χ1n) is 10.2. The van der Waals surface area contributed by atoms with E-state index in [1.165, 1.54) is 27.2 Å². The fraction of sp³-hybridized carbons (Fsp3) is 0.273. The van der Waals surface area contributed by atoms with Crippen molar-refractivity contribution in [1.82, 2.24) is 14.1 Å². The zero-order valence-electron chi connectivity index (χ0n) is 17.6. The first-order chi connectivity index (χ1) is 15.6. The molecule has 11 heteroatoms. The van der Waals surface area contributed by atoms with E-state index < -0.39 is 21.8 Å². The maximum absolute atomic E-state index is 13.4. The zero-order chi connectivity index (χ0) is 23.8. The number of amides is 1. The predicted molar refractivity (Wildman–Crippen MR) is 120 cm³/mol. The normalized spacial score (nSPS) is 15.5. The lowest BCUT2D eigenvalue weighted by Gasteiger charge is -2.30. The zero-order valence-corrected chi connectivity index (χ0v) is 19.2. The van der Waals surface area contributed by atoms with Gasteiger partial charge in [0, 0.05) is 25.1 Å². The molecule has 1 aromatic heterocycles. The lowest BCUT2D eigenvalue weighted by atomic mass is 9.97. The summed E-state index contributed by atoms with van der Waals surface area (Å²) >= 11 is 5.73. The lowest BCUT2D eigenvalue weighted by Crippen LogP contribution is -2.41. The molecule has 174 valence electrons. The average molecular weight is 495 g/mol. The molecule has 33 heavy (non-hydrogen) atoms. The SMILES string of the molecule is Cc1cc(NC(=O)C2CCN(S(=O)(=O)c3ccc(F)c(Cl)c3)CC2)n(-c2ccc(F)cc2)n1. The van der Waals surface area contributed by atoms with Gasteiger partial charge in [-0.25, -0.2) is 21.9 Å². The smallest absolute Gasteiger partial charge is 0.243 e. The van der Waals surface area contributed by atoms with Gasteiger partial charge in [0.25, 0.3) is 0 Å². The monoisotopic (exact) mass is 494 g/mol. The number of nitrogens with one attached hydrogen (secondary N) is 1. The molecule has 0 atom stereocenters. The highest BCUT2D eigenvalue weighted by Crippen LogP contribution is 2.27. The van der Waals surface area contributed by atoms with Crippen molar-refractivity contribution in [3.63, 3.8) is 0 Å². The number of hydrogen-bond acceptors (Lipinski definition) is 4. The summed E-state index contributed by atoms with van der Waals surface area (Å²) in [6.45, 7) is 2.07. The molecule has 1 saturated heterocycles. The summed E-state index contributed by atoms with van der Waals surface area (Å²) in [6.07, 6.45) is 0.646. The minimum absolute atomic E-state index is 0.0875. The van der Waals surface area contributed by atoms with Crippen molar-refractivity contribution < 1.29 is 22.0 Å². The summed E-state index contributed by atoms with van der Waals surface area (Å²) in [7, 11) is -3.85. The van der Waals surface area contributed by atoms with Crippen LogP contribution in [0.15, 0.2) is 53.4 Å². The highest BCUT2D eigenvalue weighted by Gasteiger charge is 2.32. The number of carbonyl (C=O) groups excluding carboxylic acids is 1. The topological polar surface area (TPSA) is 84.3 Å². The largest absolute Gasteiger partial charge is 0.310 e. The fourth-order valence-electron chi connectivity index (χ4n) is 3.74. The molecule has 1 amide bonds. The molecule has 0 aliphatic carbocycles. The van der Waals surface area contributed by atoms with Crippen molar-refractivity contribution in [1.29, 1.82) is 0 Å². The van der Waals surface area contributed by atoms with Gasteiger partial charge in [-0.15, -0.1) is 0 Å². The second kappa shape index (κ2) is 9.20. The molecular formula is C22H21ClF2N4O3S. The third-order valence-electron chi connectivity index (χ3n) is 5.51. The minimum atomic E-state index is -3.85. The van der Waals surface area contributed by atoms with Gasteiger partial charge < -0.3 is 5.32 Å². The maximum Gasteiger partial charge on any atom is 0.243 e. The standard InChI is InChI=1S/C22H21ClF2N4O3S/c1-14-12-21(29(27-14)17-4-2-16(24)3-5-17)26-22(30)15-8-10-28(11-9-15)33(31,32)18-6-7-20(25)19(23)13-18/h2-7,12-13,15H,8-11H2,1H3,(H,26,30). The molecule has 0 radical (unpaired) electrons. The Morgan fingerprint density at radius 2 is 1.76 bits per heavy atom. The first kappa shape index (κ1) is 23.3. The van der Waals surface area contributed by atoms with E-state index in [4.69, 9.17) is 11.6 Å². The minimum Gasteiger partial charge on any atom is -0.310 e. The highest BCUT2D eigenvalue weighted by atomic mass is 35.5. The van der Waals surface area contributed by atoms with Crippen LogP contribution in [0.25, 0.3) is 5.69 Å². The third kappa shape index (κ3) is 4.92. The highest BCUT2D eigenvalue weighted by molar-refractivity contribution is 7.89. The van der Waals surface area contributed by atoms with Crippen LogP contribution >= 0.6 is 11.6 Å². The van der Waals surface area contributed by atoms with E-state index >= 15 is 0 Å². The summed E-state index contributed by atoms with van der Waals surface area (Å²) in [5.41, 5.74) is 1.27. The van der Waals surface area contributed by atoms with Crippen molar-refractivity contribution in [2.45, 2.75) is 24.7 Å². The summed E-state index contributed by atoms with van der Waals surface area (Å²) in [5, 5.41) is 6.94. The average Bonchev–Trinajstić information content (AvgIpc) is 3.16. The van der Waals surface area contributed by atoms with Crippen LogP contribution in [0.1, 0.15) is 18.5 Å². The molecule has 0 bridgehead atoms. The molecule has 4 rings (SSSR count). The van der Waals surface area contributed by atoms with Gasteiger partial charge in [-0.05, 0) is 62.2 Å². The molecular weight excluding hydrogens is 474 g/mol. The van der Waals surface area contributed by atoms with Crippen LogP contribution in [0, 0.1) is 24.5 Å². The third-order valence-corrected chi connectivity index (χ3v) is 7.69. The molecule has 2 heterocycles. The maximum atomic E-state index is 13.4. The molecule has 1 fully saturated rings. The van der Waals surface area contributed by atoms with E-state index in [9.17, 15) is 22.0 Å². The summed E-state index contributed by atoms with van der Waals surface area (Å²) in [6, 6.07) is 10.7. The number of anilines is 1. The number of rotatable bonds is 5. The molecule has 3 aromatic rings. The van der Waals surface area contributed by atoms with Gasteiger partial charge in [0.15, 0.2) is 0 Å². The molecule has 2 aromatic carbocycles. The molecule has 0 unspecified atom stereocenters. The number of carbonyl (C=O) groups is 1. The number of aryl methyl sites for hydroxylation is 1. The van der Waals surface area contributed by atoms with Crippen molar-refractivity contribution in [2.75, 3.05) is 18.4 Å². The molecule has 1 aliphatic rings. The Hall–Kier alpha value is -2.82. The summed E-state index contributed by atoms with van der Waals surface area (Å²) < 4.78 is 55.1. The van der Waals surface area contributed by atoms with Crippen molar-refractivity contribution in [2.24, 2.45) is 5.92 Å². The number of aromatic nitrogens is 2. The van der Waals surface area contributed by atoms with Gasteiger partial charge >= 0.3 is 0 Å². The van der Waals surface area contributed by atoms with E-state index in [0.717, 1.165) is 12.1 Å². The molecule has 7 nitrogen and oxygen atoms in total. The van der Waals surface area contributed by atoms with Crippen molar-refractivity contribution >= 4 is 33.3 Å². The number of hydrogen-bond donors (Lipinski definition) is 1. The van der Waals surface area contributed by atoms with Gasteiger partial charge in [-0.1, -0.05) is 11.6 Å². The Morgan fingerprint density at radius 1 is 1.09 bits per heavy atom. The van der Waals surface area contributed by atoms with Crippen LogP contribution < -0.4 is 5.32 Å². The Labute approximate surface area is 195 Å². The Kier molecular flexibility index (Phi) is 6.51. The number of sulfonamides is 1. The van der Waals surface area contributed by atoms with E-state index in [-0.39, 0.29) is 34.7 Å². The number of halogens is 3. The van der Waals surface area contributed by atoms with Gasteiger partial charge in [0.2, 0.25) is 15.9 Å². The number of piperidine rings is 1. The second-order valence-electron chi connectivity index (χ2n) is 7.80.